The highest BCUT2D eigenvalue weighted by molar-refractivity contribution is 5.95. The fraction of sp³-hybridized carbons (Fsp3) is 0.407. The largest absolute Gasteiger partial charge is 0.426 e. The van der Waals surface area contributed by atoms with E-state index in [1.807, 2.05) is 24.3 Å². The Kier molecular flexibility index (Phi) is 8.15. The van der Waals surface area contributed by atoms with E-state index < -0.39 is 11.9 Å². The van der Waals surface area contributed by atoms with E-state index >= 15 is 0 Å². The van der Waals surface area contributed by atoms with Crippen LogP contribution < -0.4 is 9.47 Å². The molecule has 0 aromatic heterocycles. The normalized spacial score (nSPS) is 15.2. The van der Waals surface area contributed by atoms with Crippen molar-refractivity contribution in [3.63, 3.8) is 0 Å². The minimum Gasteiger partial charge on any atom is -0.426 e. The van der Waals surface area contributed by atoms with E-state index in [1.165, 1.54) is 26.7 Å². The molecular weight excluding hydrogens is 420 g/mol. The van der Waals surface area contributed by atoms with Crippen molar-refractivity contribution in [1.82, 2.24) is 0 Å². The van der Waals surface area contributed by atoms with Crippen molar-refractivity contribution in [1.29, 1.82) is 0 Å². The lowest BCUT2D eigenvalue weighted by Gasteiger charge is -2.34. The van der Waals surface area contributed by atoms with Crippen LogP contribution in [0, 0.1) is 0 Å². The van der Waals surface area contributed by atoms with Crippen molar-refractivity contribution in [3.8, 4) is 11.5 Å². The number of carbonyl (C=O) groups is 4. The van der Waals surface area contributed by atoms with Crippen molar-refractivity contribution in [3.05, 3.63) is 59.7 Å². The van der Waals surface area contributed by atoms with E-state index in [2.05, 4.69) is 0 Å². The van der Waals surface area contributed by atoms with Gasteiger partial charge in [-0.25, -0.2) is 0 Å². The van der Waals surface area contributed by atoms with Gasteiger partial charge in [0.25, 0.3) is 0 Å². The van der Waals surface area contributed by atoms with Crippen LogP contribution in [0.1, 0.15) is 76.3 Å². The van der Waals surface area contributed by atoms with E-state index in [0.29, 0.717) is 11.5 Å². The molecule has 3 rings (SSSR count). The Morgan fingerprint density at radius 2 is 1.00 bits per heavy atom. The Morgan fingerprint density at radius 1 is 0.636 bits per heavy atom. The number of esters is 2. The average Bonchev–Trinajstić information content (AvgIpc) is 3.00. The highest BCUT2D eigenvalue weighted by Gasteiger charge is 2.34. The summed E-state index contributed by atoms with van der Waals surface area (Å²) in [7, 11) is 0. The first kappa shape index (κ1) is 24.4. The van der Waals surface area contributed by atoms with Gasteiger partial charge in [0.05, 0.1) is 0 Å². The first-order chi connectivity index (χ1) is 15.8. The van der Waals surface area contributed by atoms with Gasteiger partial charge in [0.2, 0.25) is 0 Å². The second kappa shape index (κ2) is 11.0. The number of benzene rings is 2. The van der Waals surface area contributed by atoms with Crippen LogP contribution >= 0.6 is 0 Å². The standard InChI is InChI=1S/C27H30O6/c1-19(28)17-25(30)32-23-11-7-21(8-12-23)27(15-5-3-4-6-16-27)22-9-13-24(14-10-22)33-26(31)18-20(2)29/h7-14H,3-6,15-18H2,1-2H3. The molecule has 1 saturated carbocycles. The Morgan fingerprint density at radius 3 is 1.33 bits per heavy atom. The molecule has 2 aromatic rings. The third-order valence-corrected chi connectivity index (χ3v) is 6.02. The van der Waals surface area contributed by atoms with E-state index in [4.69, 9.17) is 9.47 Å². The molecule has 1 aliphatic rings. The smallest absolute Gasteiger partial charge is 0.318 e. The number of ether oxygens (including phenoxy) is 2. The van der Waals surface area contributed by atoms with E-state index in [1.54, 1.807) is 24.3 Å². The highest BCUT2D eigenvalue weighted by Crippen LogP contribution is 2.44. The molecule has 0 bridgehead atoms. The molecule has 2 aromatic carbocycles. The molecule has 0 saturated heterocycles. The van der Waals surface area contributed by atoms with Crippen molar-refractivity contribution in [2.75, 3.05) is 0 Å². The van der Waals surface area contributed by atoms with Gasteiger partial charge >= 0.3 is 11.9 Å². The maximum absolute atomic E-state index is 11.8. The quantitative estimate of drug-likeness (QED) is 0.241. The molecule has 6 nitrogen and oxygen atoms in total. The van der Waals surface area contributed by atoms with E-state index in [-0.39, 0.29) is 29.8 Å². The molecule has 0 amide bonds. The average molecular weight is 451 g/mol. The van der Waals surface area contributed by atoms with Gasteiger partial charge in [-0.2, -0.15) is 0 Å². The number of hydrogen-bond donors (Lipinski definition) is 0. The lowest BCUT2D eigenvalue weighted by molar-refractivity contribution is -0.139. The molecule has 33 heavy (non-hydrogen) atoms. The zero-order valence-corrected chi connectivity index (χ0v) is 19.2. The lowest BCUT2D eigenvalue weighted by Crippen LogP contribution is -2.27. The molecule has 0 spiro atoms. The zero-order valence-electron chi connectivity index (χ0n) is 19.2. The third kappa shape index (κ3) is 6.60. The molecular formula is C27H30O6. The maximum Gasteiger partial charge on any atom is 0.318 e. The van der Waals surface area contributed by atoms with Crippen LogP contribution in [-0.4, -0.2) is 23.5 Å². The number of Topliss-reactive ketones (excluding diaryl/α,β-unsaturated/α-hetero) is 2. The topological polar surface area (TPSA) is 86.7 Å². The van der Waals surface area contributed by atoms with Crippen LogP contribution in [0.2, 0.25) is 0 Å². The van der Waals surface area contributed by atoms with Gasteiger partial charge in [0.1, 0.15) is 35.9 Å². The predicted molar refractivity (Wildman–Crippen MR) is 123 cm³/mol. The summed E-state index contributed by atoms with van der Waals surface area (Å²) in [6, 6.07) is 15.1. The fourth-order valence-electron chi connectivity index (χ4n) is 4.50. The molecule has 0 atom stereocenters. The van der Waals surface area contributed by atoms with Crippen LogP contribution in [0.15, 0.2) is 48.5 Å². The number of rotatable bonds is 8. The number of hydrogen-bond acceptors (Lipinski definition) is 6. The molecule has 0 aliphatic heterocycles. The van der Waals surface area contributed by atoms with Crippen LogP contribution in [0.5, 0.6) is 11.5 Å². The van der Waals surface area contributed by atoms with Crippen molar-refractivity contribution in [2.24, 2.45) is 0 Å². The second-order valence-corrected chi connectivity index (χ2v) is 8.75. The van der Waals surface area contributed by atoms with Crippen molar-refractivity contribution >= 4 is 23.5 Å². The van der Waals surface area contributed by atoms with Crippen molar-refractivity contribution in [2.45, 2.75) is 70.6 Å². The monoisotopic (exact) mass is 450 g/mol. The van der Waals surface area contributed by atoms with Gasteiger partial charge in [-0.05, 0) is 62.1 Å². The van der Waals surface area contributed by atoms with Crippen molar-refractivity contribution < 1.29 is 28.7 Å². The fourth-order valence-corrected chi connectivity index (χ4v) is 4.50. The molecule has 0 unspecified atom stereocenters. The van der Waals surface area contributed by atoms with E-state index in [0.717, 1.165) is 36.8 Å². The Labute approximate surface area is 194 Å². The maximum atomic E-state index is 11.8. The van der Waals surface area contributed by atoms with Crippen LogP contribution in [0.25, 0.3) is 0 Å². The summed E-state index contributed by atoms with van der Waals surface area (Å²) in [6.45, 7) is 2.71. The highest BCUT2D eigenvalue weighted by atomic mass is 16.5. The summed E-state index contributed by atoms with van der Waals surface area (Å²) in [5.74, 6) is -0.749. The summed E-state index contributed by atoms with van der Waals surface area (Å²) in [4.78, 5) is 45.9. The predicted octanol–water partition coefficient (Wildman–Crippen LogP) is 5.10. The molecule has 1 fully saturated rings. The van der Waals surface area contributed by atoms with Crippen LogP contribution in [-0.2, 0) is 24.6 Å². The van der Waals surface area contributed by atoms with Gasteiger partial charge in [0.15, 0.2) is 0 Å². The van der Waals surface area contributed by atoms with Crippen LogP contribution in [0.3, 0.4) is 0 Å². The van der Waals surface area contributed by atoms with Gasteiger partial charge < -0.3 is 9.47 Å². The number of carbonyl (C=O) groups excluding carboxylic acids is 4. The molecule has 0 radical (unpaired) electrons. The third-order valence-electron chi connectivity index (χ3n) is 6.02. The summed E-state index contributed by atoms with van der Waals surface area (Å²) in [5, 5.41) is 0. The lowest BCUT2D eigenvalue weighted by atomic mass is 9.69. The first-order valence-electron chi connectivity index (χ1n) is 11.4. The molecule has 174 valence electrons. The summed E-state index contributed by atoms with van der Waals surface area (Å²) >= 11 is 0. The summed E-state index contributed by atoms with van der Waals surface area (Å²) in [5.41, 5.74) is 2.08. The van der Waals surface area contributed by atoms with E-state index in [9.17, 15) is 19.2 Å². The molecule has 6 heteroatoms. The molecule has 0 N–H and O–H groups in total. The summed E-state index contributed by atoms with van der Waals surface area (Å²) < 4.78 is 10.6. The molecule has 1 aliphatic carbocycles. The number of ketones is 2. The minimum absolute atomic E-state index is 0.194. The van der Waals surface area contributed by atoms with Gasteiger partial charge in [-0.3, -0.25) is 19.2 Å². The Hall–Kier alpha value is -3.28. The van der Waals surface area contributed by atoms with Gasteiger partial charge in [0, 0.05) is 5.41 Å². The first-order valence-corrected chi connectivity index (χ1v) is 11.4. The second-order valence-electron chi connectivity index (χ2n) is 8.75. The summed E-state index contributed by atoms with van der Waals surface area (Å²) in [6.07, 6.45) is 6.06. The van der Waals surface area contributed by atoms with Gasteiger partial charge in [-0.15, -0.1) is 0 Å². The Bertz CT molecular complexity index is 920. The SMILES string of the molecule is CC(=O)CC(=O)Oc1ccc(C2(c3ccc(OC(=O)CC(C)=O)cc3)CCCCCC2)cc1. The van der Waals surface area contributed by atoms with Gasteiger partial charge in [-0.1, -0.05) is 49.9 Å². The Balaban J connectivity index is 1.84. The molecule has 0 heterocycles. The zero-order chi connectivity index (χ0) is 23.8. The van der Waals surface area contributed by atoms with Crippen LogP contribution in [0.4, 0.5) is 0 Å². The minimum atomic E-state index is -0.561.